The lowest BCUT2D eigenvalue weighted by Crippen LogP contribution is -2.51. The molecule has 3 aromatic rings. The number of rotatable bonds is 7. The summed E-state index contributed by atoms with van der Waals surface area (Å²) in [5.74, 6) is -0.403. The number of aromatic nitrogens is 3. The third-order valence-electron chi connectivity index (χ3n) is 6.67. The molecule has 2 aliphatic heterocycles. The van der Waals surface area contributed by atoms with Gasteiger partial charge in [0.15, 0.2) is 0 Å². The molecule has 0 saturated carbocycles. The summed E-state index contributed by atoms with van der Waals surface area (Å²) in [6, 6.07) is 12.9. The van der Waals surface area contributed by atoms with Gasteiger partial charge in [0.05, 0.1) is 30.7 Å². The van der Waals surface area contributed by atoms with E-state index in [1.807, 2.05) is 6.07 Å². The third-order valence-corrected chi connectivity index (χ3v) is 8.54. The van der Waals surface area contributed by atoms with E-state index in [2.05, 4.69) is 20.1 Å². The standard InChI is InChI=1S/C24H28F2N6O2S/c25-21-7-5-19(6-8-21)13-31-15-22(27-28-31)16-32-17-23(18-35(32,33)34)30-11-9-29(10-12-30)14-20-3-1-2-4-24(20)26/h1-8,15,23H,9-14,16-18H2. The van der Waals surface area contributed by atoms with E-state index in [0.29, 0.717) is 30.9 Å². The zero-order valence-electron chi connectivity index (χ0n) is 19.3. The molecule has 1 unspecified atom stereocenters. The Labute approximate surface area is 203 Å². The van der Waals surface area contributed by atoms with Crippen LogP contribution in [0.3, 0.4) is 0 Å². The van der Waals surface area contributed by atoms with Crippen molar-refractivity contribution in [2.24, 2.45) is 0 Å². The average molecular weight is 503 g/mol. The molecule has 0 spiro atoms. The number of benzene rings is 2. The minimum absolute atomic E-state index is 0.0788. The van der Waals surface area contributed by atoms with Gasteiger partial charge in [0.1, 0.15) is 11.6 Å². The van der Waals surface area contributed by atoms with E-state index in [1.54, 1.807) is 35.1 Å². The molecule has 0 radical (unpaired) electrons. The van der Waals surface area contributed by atoms with Crippen molar-refractivity contribution in [3.8, 4) is 0 Å². The summed E-state index contributed by atoms with van der Waals surface area (Å²) in [6.45, 7) is 4.61. The molecule has 8 nitrogen and oxygen atoms in total. The second kappa shape index (κ2) is 10.1. The van der Waals surface area contributed by atoms with Gasteiger partial charge >= 0.3 is 0 Å². The highest BCUT2D eigenvalue weighted by atomic mass is 32.2. The fourth-order valence-corrected chi connectivity index (χ4v) is 6.48. The van der Waals surface area contributed by atoms with Crippen molar-refractivity contribution in [3.05, 3.63) is 83.2 Å². The van der Waals surface area contributed by atoms with E-state index in [0.717, 1.165) is 31.7 Å². The van der Waals surface area contributed by atoms with Gasteiger partial charge in [0.25, 0.3) is 0 Å². The quantitative estimate of drug-likeness (QED) is 0.492. The fourth-order valence-electron chi connectivity index (χ4n) is 4.73. The van der Waals surface area contributed by atoms with Crippen LogP contribution in [-0.4, -0.2) is 82.0 Å². The first-order chi connectivity index (χ1) is 16.9. The Hall–Kier alpha value is -2.73. The van der Waals surface area contributed by atoms with Gasteiger partial charge in [-0.05, 0) is 23.8 Å². The molecular formula is C24H28F2N6O2S. The maximum atomic E-state index is 14.0. The summed E-state index contributed by atoms with van der Waals surface area (Å²) in [6.07, 6.45) is 1.73. The second-order valence-corrected chi connectivity index (χ2v) is 11.2. The van der Waals surface area contributed by atoms with Crippen LogP contribution in [-0.2, 0) is 29.7 Å². The predicted octanol–water partition coefficient (Wildman–Crippen LogP) is 1.94. The van der Waals surface area contributed by atoms with Crippen molar-refractivity contribution < 1.29 is 17.2 Å². The molecule has 0 bridgehead atoms. The summed E-state index contributed by atoms with van der Waals surface area (Å²) in [5, 5.41) is 8.23. The molecule has 2 aromatic carbocycles. The lowest BCUT2D eigenvalue weighted by Gasteiger charge is -2.37. The van der Waals surface area contributed by atoms with Crippen LogP contribution in [0.25, 0.3) is 0 Å². The van der Waals surface area contributed by atoms with Crippen molar-refractivity contribution >= 4 is 10.0 Å². The van der Waals surface area contributed by atoms with Crippen LogP contribution in [0, 0.1) is 11.6 Å². The Morgan fingerprint density at radius 1 is 0.914 bits per heavy atom. The van der Waals surface area contributed by atoms with Crippen LogP contribution in [0.2, 0.25) is 0 Å². The maximum absolute atomic E-state index is 14.0. The van der Waals surface area contributed by atoms with Gasteiger partial charge in [-0.1, -0.05) is 35.5 Å². The summed E-state index contributed by atoms with van der Waals surface area (Å²) in [5.41, 5.74) is 2.14. The van der Waals surface area contributed by atoms with Crippen molar-refractivity contribution in [3.63, 3.8) is 0 Å². The van der Waals surface area contributed by atoms with E-state index >= 15 is 0 Å². The average Bonchev–Trinajstić information content (AvgIpc) is 3.40. The van der Waals surface area contributed by atoms with Crippen LogP contribution in [0.5, 0.6) is 0 Å². The maximum Gasteiger partial charge on any atom is 0.216 e. The van der Waals surface area contributed by atoms with Crippen molar-refractivity contribution in [2.75, 3.05) is 38.5 Å². The summed E-state index contributed by atoms with van der Waals surface area (Å²) in [7, 11) is -3.40. The first kappa shape index (κ1) is 24.0. The number of nitrogens with zero attached hydrogens (tertiary/aromatic N) is 6. The van der Waals surface area contributed by atoms with Gasteiger partial charge in [-0.3, -0.25) is 9.80 Å². The number of piperazine rings is 1. The van der Waals surface area contributed by atoms with Crippen LogP contribution >= 0.6 is 0 Å². The monoisotopic (exact) mass is 502 g/mol. The smallest absolute Gasteiger partial charge is 0.216 e. The lowest BCUT2D eigenvalue weighted by atomic mass is 10.1. The highest BCUT2D eigenvalue weighted by Gasteiger charge is 2.40. The number of hydrogen-bond acceptors (Lipinski definition) is 6. The number of sulfonamides is 1. The van der Waals surface area contributed by atoms with Crippen LogP contribution in [0.15, 0.2) is 54.7 Å². The third kappa shape index (κ3) is 5.75. The van der Waals surface area contributed by atoms with Crippen LogP contribution in [0.4, 0.5) is 8.78 Å². The Morgan fingerprint density at radius 2 is 1.66 bits per heavy atom. The lowest BCUT2D eigenvalue weighted by molar-refractivity contribution is 0.0959. The van der Waals surface area contributed by atoms with Gasteiger partial charge < -0.3 is 0 Å². The molecule has 35 heavy (non-hydrogen) atoms. The zero-order chi connectivity index (χ0) is 24.4. The molecule has 186 valence electrons. The van der Waals surface area contributed by atoms with Crippen molar-refractivity contribution in [1.82, 2.24) is 29.1 Å². The number of hydrogen-bond donors (Lipinski definition) is 0. The highest BCUT2D eigenvalue weighted by molar-refractivity contribution is 7.89. The van der Waals surface area contributed by atoms with Gasteiger partial charge in [0, 0.05) is 50.9 Å². The summed E-state index contributed by atoms with van der Waals surface area (Å²) >= 11 is 0. The first-order valence-corrected chi connectivity index (χ1v) is 13.3. The fraction of sp³-hybridized carbons (Fsp3) is 0.417. The highest BCUT2D eigenvalue weighted by Crippen LogP contribution is 2.23. The van der Waals surface area contributed by atoms with E-state index in [9.17, 15) is 17.2 Å². The van der Waals surface area contributed by atoms with E-state index in [4.69, 9.17) is 0 Å². The molecule has 2 fully saturated rings. The van der Waals surface area contributed by atoms with Crippen LogP contribution < -0.4 is 0 Å². The normalized spacial score (nSPS) is 21.5. The second-order valence-electron chi connectivity index (χ2n) is 9.16. The van der Waals surface area contributed by atoms with E-state index < -0.39 is 10.0 Å². The Bertz CT molecular complexity index is 1260. The van der Waals surface area contributed by atoms with Gasteiger partial charge in [0.2, 0.25) is 10.0 Å². The van der Waals surface area contributed by atoms with Gasteiger partial charge in [-0.15, -0.1) is 5.10 Å². The molecule has 5 rings (SSSR count). The Kier molecular flexibility index (Phi) is 6.92. The minimum atomic E-state index is -3.40. The van der Waals surface area contributed by atoms with Gasteiger partial charge in [-0.2, -0.15) is 4.31 Å². The summed E-state index contributed by atoms with van der Waals surface area (Å²) < 4.78 is 55.9. The van der Waals surface area contributed by atoms with Crippen molar-refractivity contribution in [1.29, 1.82) is 0 Å². The zero-order valence-corrected chi connectivity index (χ0v) is 20.1. The topological polar surface area (TPSA) is 74.6 Å². The predicted molar refractivity (Wildman–Crippen MR) is 127 cm³/mol. The molecule has 3 heterocycles. The summed E-state index contributed by atoms with van der Waals surface area (Å²) in [4.78, 5) is 4.43. The Balaban J connectivity index is 1.15. The molecule has 0 N–H and O–H groups in total. The molecule has 11 heteroatoms. The molecular weight excluding hydrogens is 474 g/mol. The largest absolute Gasteiger partial charge is 0.296 e. The van der Waals surface area contributed by atoms with E-state index in [1.165, 1.54) is 22.5 Å². The molecule has 0 aliphatic carbocycles. The molecule has 0 amide bonds. The molecule has 2 aliphatic rings. The minimum Gasteiger partial charge on any atom is -0.296 e. The van der Waals surface area contributed by atoms with Crippen molar-refractivity contribution in [2.45, 2.75) is 25.7 Å². The van der Waals surface area contributed by atoms with Crippen LogP contribution in [0.1, 0.15) is 16.8 Å². The molecule has 1 atom stereocenters. The Morgan fingerprint density at radius 3 is 2.40 bits per heavy atom. The van der Waals surface area contributed by atoms with E-state index in [-0.39, 0.29) is 30.0 Å². The van der Waals surface area contributed by atoms with Gasteiger partial charge in [-0.25, -0.2) is 21.9 Å². The molecule has 1 aromatic heterocycles. The first-order valence-electron chi connectivity index (χ1n) is 11.7. The number of halogens is 2. The molecule has 2 saturated heterocycles. The SMILES string of the molecule is O=S1(=O)CC(N2CCN(Cc3ccccc3F)CC2)CN1Cc1cn(Cc2ccc(F)cc2)nn1.